The van der Waals surface area contributed by atoms with Crippen molar-refractivity contribution in [3.05, 3.63) is 59.4 Å². The maximum atomic E-state index is 13.4. The van der Waals surface area contributed by atoms with E-state index in [0.717, 1.165) is 29.9 Å². The minimum atomic E-state index is -0.301. The second kappa shape index (κ2) is 8.04. The normalized spacial score (nSPS) is 21.0. The van der Waals surface area contributed by atoms with Crippen LogP contribution in [0.4, 0.5) is 4.39 Å². The molecule has 1 fully saturated rings. The molecule has 0 radical (unpaired) electrons. The maximum absolute atomic E-state index is 13.4. The lowest BCUT2D eigenvalue weighted by Gasteiger charge is -2.29. The molecule has 7 nitrogen and oxygen atoms in total. The molecular weight excluding hydrogens is 389 g/mol. The van der Waals surface area contributed by atoms with E-state index in [1.54, 1.807) is 17.1 Å². The van der Waals surface area contributed by atoms with Gasteiger partial charge in [-0.25, -0.2) is 9.40 Å². The number of rotatable bonds is 4. The molecule has 0 unspecified atom stereocenters. The zero-order valence-corrected chi connectivity index (χ0v) is 16.4. The average molecular weight is 411 g/mol. The standard InChI is InChI=1S/C22H22FN3O4/c23-17-4-1-15(2-5-17)18-12-19(16-3-6-20-21(11-16)30-14-29-20)26(24-18)22(27)13-25-7-9-28-10-8-25/h1-6,11,19H,7-10,12-14H2/t19-/m0/s1. The number of fused-ring (bicyclic) bond motifs is 1. The molecule has 2 aromatic carbocycles. The van der Waals surface area contributed by atoms with Gasteiger partial charge in [0, 0.05) is 19.5 Å². The van der Waals surface area contributed by atoms with E-state index in [-0.39, 0.29) is 31.1 Å². The molecule has 3 aliphatic heterocycles. The molecular formula is C22H22FN3O4. The summed E-state index contributed by atoms with van der Waals surface area (Å²) < 4.78 is 29.7. The van der Waals surface area contributed by atoms with Crippen LogP contribution in [0.15, 0.2) is 47.6 Å². The Morgan fingerprint density at radius 1 is 1.07 bits per heavy atom. The zero-order valence-electron chi connectivity index (χ0n) is 16.4. The van der Waals surface area contributed by atoms with E-state index >= 15 is 0 Å². The zero-order chi connectivity index (χ0) is 20.5. The third-order valence-corrected chi connectivity index (χ3v) is 5.59. The fourth-order valence-electron chi connectivity index (χ4n) is 3.96. The third-order valence-electron chi connectivity index (χ3n) is 5.59. The number of benzene rings is 2. The molecule has 156 valence electrons. The first kappa shape index (κ1) is 19.0. The summed E-state index contributed by atoms with van der Waals surface area (Å²) in [6, 6.07) is 11.7. The number of hydrogen-bond donors (Lipinski definition) is 0. The Morgan fingerprint density at radius 3 is 2.63 bits per heavy atom. The van der Waals surface area contributed by atoms with E-state index in [2.05, 4.69) is 10.0 Å². The van der Waals surface area contributed by atoms with E-state index in [9.17, 15) is 9.18 Å². The van der Waals surface area contributed by atoms with Crippen LogP contribution in [0.3, 0.4) is 0 Å². The molecule has 0 spiro atoms. The molecule has 2 aromatic rings. The van der Waals surface area contributed by atoms with Crippen LogP contribution in [0.25, 0.3) is 0 Å². The van der Waals surface area contributed by atoms with Gasteiger partial charge in [-0.3, -0.25) is 9.69 Å². The molecule has 0 saturated carbocycles. The van der Waals surface area contributed by atoms with Gasteiger partial charge in [0.15, 0.2) is 11.5 Å². The Hall–Kier alpha value is -2.97. The minimum absolute atomic E-state index is 0.0725. The number of morpholine rings is 1. The third kappa shape index (κ3) is 3.76. The Balaban J connectivity index is 1.43. The summed E-state index contributed by atoms with van der Waals surface area (Å²) in [4.78, 5) is 15.3. The van der Waals surface area contributed by atoms with Crippen molar-refractivity contribution in [1.29, 1.82) is 0 Å². The number of ether oxygens (including phenoxy) is 3. The molecule has 0 aliphatic carbocycles. The largest absolute Gasteiger partial charge is 0.454 e. The van der Waals surface area contributed by atoms with E-state index < -0.39 is 0 Å². The monoisotopic (exact) mass is 411 g/mol. The highest BCUT2D eigenvalue weighted by atomic mass is 19.1. The van der Waals surface area contributed by atoms with Gasteiger partial charge in [0.05, 0.1) is 31.5 Å². The summed E-state index contributed by atoms with van der Waals surface area (Å²) in [6.07, 6.45) is 0.542. The summed E-state index contributed by atoms with van der Waals surface area (Å²) in [5.74, 6) is 0.993. The highest BCUT2D eigenvalue weighted by Gasteiger charge is 2.34. The van der Waals surface area contributed by atoms with Gasteiger partial charge in [0.1, 0.15) is 5.82 Å². The Morgan fingerprint density at radius 2 is 1.83 bits per heavy atom. The number of hydrazone groups is 1. The lowest BCUT2D eigenvalue weighted by atomic mass is 9.98. The lowest BCUT2D eigenvalue weighted by molar-refractivity contribution is -0.135. The number of amides is 1. The van der Waals surface area contributed by atoms with Crippen LogP contribution in [0.2, 0.25) is 0 Å². The average Bonchev–Trinajstić information content (AvgIpc) is 3.42. The molecule has 0 aromatic heterocycles. The number of nitrogens with zero attached hydrogens (tertiary/aromatic N) is 3. The molecule has 5 rings (SSSR count). The van der Waals surface area contributed by atoms with Crippen molar-refractivity contribution in [2.45, 2.75) is 12.5 Å². The van der Waals surface area contributed by atoms with Gasteiger partial charge in [0.2, 0.25) is 6.79 Å². The van der Waals surface area contributed by atoms with Crippen molar-refractivity contribution in [3.8, 4) is 11.5 Å². The maximum Gasteiger partial charge on any atom is 0.257 e. The van der Waals surface area contributed by atoms with Crippen molar-refractivity contribution in [3.63, 3.8) is 0 Å². The van der Waals surface area contributed by atoms with Crippen LogP contribution in [-0.2, 0) is 9.53 Å². The van der Waals surface area contributed by atoms with Gasteiger partial charge in [-0.1, -0.05) is 18.2 Å². The first-order valence-electron chi connectivity index (χ1n) is 10.0. The molecule has 3 aliphatic rings. The summed E-state index contributed by atoms with van der Waals surface area (Å²) >= 11 is 0. The van der Waals surface area contributed by atoms with Crippen LogP contribution in [0.1, 0.15) is 23.6 Å². The summed E-state index contributed by atoms with van der Waals surface area (Å²) in [5.41, 5.74) is 2.49. The first-order valence-corrected chi connectivity index (χ1v) is 10.0. The number of carbonyl (C=O) groups is 1. The van der Waals surface area contributed by atoms with E-state index in [4.69, 9.17) is 14.2 Å². The predicted octanol–water partition coefficient (Wildman–Crippen LogP) is 2.56. The molecule has 1 saturated heterocycles. The second-order valence-corrected chi connectivity index (χ2v) is 7.51. The highest BCUT2D eigenvalue weighted by Crippen LogP contribution is 2.39. The summed E-state index contributed by atoms with van der Waals surface area (Å²) in [6.45, 7) is 3.18. The Kier molecular flexibility index (Phi) is 5.10. The van der Waals surface area contributed by atoms with Crippen molar-refractivity contribution in [1.82, 2.24) is 9.91 Å². The lowest BCUT2D eigenvalue weighted by Crippen LogP contribution is -2.43. The summed E-state index contributed by atoms with van der Waals surface area (Å²) in [7, 11) is 0. The van der Waals surface area contributed by atoms with Gasteiger partial charge in [-0.15, -0.1) is 0 Å². The summed E-state index contributed by atoms with van der Waals surface area (Å²) in [5, 5.41) is 6.21. The van der Waals surface area contributed by atoms with Crippen molar-refractivity contribution >= 4 is 11.6 Å². The van der Waals surface area contributed by atoms with Gasteiger partial charge < -0.3 is 14.2 Å². The van der Waals surface area contributed by atoms with Gasteiger partial charge in [-0.05, 0) is 35.4 Å². The number of carbonyl (C=O) groups excluding carboxylic acids is 1. The van der Waals surface area contributed by atoms with Crippen LogP contribution < -0.4 is 9.47 Å². The van der Waals surface area contributed by atoms with Gasteiger partial charge >= 0.3 is 0 Å². The van der Waals surface area contributed by atoms with Crippen molar-refractivity contribution in [2.24, 2.45) is 5.10 Å². The van der Waals surface area contributed by atoms with E-state index in [1.807, 2.05) is 18.2 Å². The van der Waals surface area contributed by atoms with Crippen LogP contribution in [-0.4, -0.2) is 61.2 Å². The van der Waals surface area contributed by atoms with Crippen LogP contribution in [0.5, 0.6) is 11.5 Å². The van der Waals surface area contributed by atoms with Crippen LogP contribution >= 0.6 is 0 Å². The smallest absolute Gasteiger partial charge is 0.257 e. The fraction of sp³-hybridized carbons (Fsp3) is 0.364. The second-order valence-electron chi connectivity index (χ2n) is 7.51. The number of halogens is 1. The molecule has 1 atom stereocenters. The minimum Gasteiger partial charge on any atom is -0.454 e. The molecule has 3 heterocycles. The van der Waals surface area contributed by atoms with E-state index in [1.165, 1.54) is 12.1 Å². The highest BCUT2D eigenvalue weighted by molar-refractivity contribution is 6.03. The SMILES string of the molecule is O=C(CN1CCOCC1)N1N=C(c2ccc(F)cc2)C[C@H]1c1ccc2c(c1)OCO2. The molecule has 1 amide bonds. The molecule has 30 heavy (non-hydrogen) atoms. The Labute approximate surface area is 173 Å². The topological polar surface area (TPSA) is 63.6 Å². The van der Waals surface area contributed by atoms with Crippen molar-refractivity contribution in [2.75, 3.05) is 39.6 Å². The number of hydrogen-bond acceptors (Lipinski definition) is 6. The van der Waals surface area contributed by atoms with Crippen LogP contribution in [0, 0.1) is 5.82 Å². The molecule has 0 N–H and O–H groups in total. The van der Waals surface area contributed by atoms with E-state index in [0.29, 0.717) is 31.1 Å². The molecule has 0 bridgehead atoms. The van der Waals surface area contributed by atoms with Gasteiger partial charge in [0.25, 0.3) is 5.91 Å². The quantitative estimate of drug-likeness (QED) is 0.774. The predicted molar refractivity (Wildman–Crippen MR) is 107 cm³/mol. The molecule has 8 heteroatoms. The Bertz CT molecular complexity index is 973. The van der Waals surface area contributed by atoms with Gasteiger partial charge in [-0.2, -0.15) is 5.10 Å². The first-order chi connectivity index (χ1) is 14.7. The fourth-order valence-corrected chi connectivity index (χ4v) is 3.96. The van der Waals surface area contributed by atoms with Crippen molar-refractivity contribution < 1.29 is 23.4 Å².